The minimum Gasteiger partial charge on any atom is -0.469 e. The van der Waals surface area contributed by atoms with Gasteiger partial charge in [0, 0.05) is 11.7 Å². The first kappa shape index (κ1) is 17.5. The molecule has 2 rings (SSSR count). The van der Waals surface area contributed by atoms with Gasteiger partial charge in [-0.25, -0.2) is 0 Å². The summed E-state index contributed by atoms with van der Waals surface area (Å²) in [5.41, 5.74) is 1.85. The van der Waals surface area contributed by atoms with Crippen molar-refractivity contribution in [3.8, 4) is 0 Å². The molecule has 1 heterocycles. The molecule has 128 valence electrons. The van der Waals surface area contributed by atoms with Crippen LogP contribution in [0.15, 0.2) is 6.07 Å². The molecule has 3 atom stereocenters. The maximum absolute atomic E-state index is 12.6. The molecule has 1 aliphatic rings. The van der Waals surface area contributed by atoms with Crippen LogP contribution in [0.5, 0.6) is 0 Å². The summed E-state index contributed by atoms with van der Waals surface area (Å²) in [7, 11) is 1.41. The number of methoxy groups -OCH3 is 1. The second-order valence-electron chi connectivity index (χ2n) is 6.43. The average Bonchev–Trinajstić information content (AvgIpc) is 2.73. The second-order valence-corrected chi connectivity index (χ2v) is 6.43. The summed E-state index contributed by atoms with van der Waals surface area (Å²) >= 11 is 0. The highest BCUT2D eigenvalue weighted by Crippen LogP contribution is 2.25. The van der Waals surface area contributed by atoms with E-state index in [1.165, 1.54) is 7.11 Å². The molecule has 0 spiro atoms. The number of ether oxygens (including phenoxy) is 1. The molecule has 1 fully saturated rings. The predicted molar refractivity (Wildman–Crippen MR) is 86.9 cm³/mol. The van der Waals surface area contributed by atoms with Crippen molar-refractivity contribution in [2.24, 2.45) is 5.92 Å². The van der Waals surface area contributed by atoms with Crippen molar-refractivity contribution in [2.45, 2.75) is 65.0 Å². The number of esters is 1. The number of aromatic nitrogens is 2. The van der Waals surface area contributed by atoms with Crippen LogP contribution in [0.1, 0.15) is 56.5 Å². The lowest BCUT2D eigenvalue weighted by Crippen LogP contribution is -2.45. The van der Waals surface area contributed by atoms with Gasteiger partial charge in [0.15, 0.2) is 0 Å². The fourth-order valence-electron chi connectivity index (χ4n) is 3.37. The van der Waals surface area contributed by atoms with E-state index in [4.69, 9.17) is 4.74 Å². The monoisotopic (exact) mass is 321 g/mol. The summed E-state index contributed by atoms with van der Waals surface area (Å²) in [6, 6.07) is 1.40. The SMILES string of the molecule is COC(=O)C1CCCCCC1NC(=O)C(C)n1nc(C)cc1C. The standard InChI is InChI=1S/C17H27N3O3/c1-11-10-12(2)20(19-11)13(3)16(21)18-15-9-7-5-6-8-14(15)17(22)23-4/h10,13-15H,5-9H2,1-4H3,(H,18,21). The molecule has 6 heteroatoms. The summed E-state index contributed by atoms with van der Waals surface area (Å²) in [4.78, 5) is 24.6. The van der Waals surface area contributed by atoms with E-state index in [2.05, 4.69) is 10.4 Å². The van der Waals surface area contributed by atoms with E-state index in [9.17, 15) is 9.59 Å². The normalized spacial score (nSPS) is 23.0. The zero-order valence-corrected chi connectivity index (χ0v) is 14.5. The summed E-state index contributed by atoms with van der Waals surface area (Å²) in [5, 5.41) is 7.44. The first-order chi connectivity index (χ1) is 10.9. The number of carbonyl (C=O) groups is 2. The molecule has 6 nitrogen and oxygen atoms in total. The Morgan fingerprint density at radius 1 is 1.30 bits per heavy atom. The average molecular weight is 321 g/mol. The summed E-state index contributed by atoms with van der Waals surface area (Å²) in [6.07, 6.45) is 4.69. The largest absolute Gasteiger partial charge is 0.469 e. The van der Waals surface area contributed by atoms with Crippen LogP contribution in [0.3, 0.4) is 0 Å². The molecule has 1 aliphatic carbocycles. The number of amides is 1. The number of hydrogen-bond acceptors (Lipinski definition) is 4. The third kappa shape index (κ3) is 4.12. The van der Waals surface area contributed by atoms with Crippen LogP contribution in [0.25, 0.3) is 0 Å². The van der Waals surface area contributed by atoms with Crippen molar-refractivity contribution in [1.29, 1.82) is 0 Å². The molecule has 0 radical (unpaired) electrons. The van der Waals surface area contributed by atoms with Crippen LogP contribution in [0.2, 0.25) is 0 Å². The Hall–Kier alpha value is -1.85. The van der Waals surface area contributed by atoms with Crippen molar-refractivity contribution in [3.05, 3.63) is 17.5 Å². The maximum Gasteiger partial charge on any atom is 0.310 e. The van der Waals surface area contributed by atoms with Crippen molar-refractivity contribution in [1.82, 2.24) is 15.1 Å². The molecular weight excluding hydrogens is 294 g/mol. The van der Waals surface area contributed by atoms with E-state index < -0.39 is 6.04 Å². The number of rotatable bonds is 4. The Bertz CT molecular complexity index is 567. The third-order valence-electron chi connectivity index (χ3n) is 4.64. The number of carbonyl (C=O) groups excluding carboxylic acids is 2. The van der Waals surface area contributed by atoms with Gasteiger partial charge < -0.3 is 10.1 Å². The van der Waals surface area contributed by atoms with Gasteiger partial charge in [-0.3, -0.25) is 14.3 Å². The molecule has 1 N–H and O–H groups in total. The van der Waals surface area contributed by atoms with E-state index in [0.717, 1.165) is 43.5 Å². The Balaban J connectivity index is 2.09. The van der Waals surface area contributed by atoms with Gasteiger partial charge in [-0.2, -0.15) is 5.10 Å². The van der Waals surface area contributed by atoms with Crippen LogP contribution >= 0.6 is 0 Å². The minimum absolute atomic E-state index is 0.1000. The predicted octanol–water partition coefficient (Wildman–Crippen LogP) is 2.30. The topological polar surface area (TPSA) is 73.2 Å². The Labute approximate surface area is 137 Å². The first-order valence-corrected chi connectivity index (χ1v) is 8.35. The van der Waals surface area contributed by atoms with Gasteiger partial charge in [-0.15, -0.1) is 0 Å². The molecule has 3 unspecified atom stereocenters. The van der Waals surface area contributed by atoms with E-state index in [0.29, 0.717) is 0 Å². The lowest BCUT2D eigenvalue weighted by Gasteiger charge is -2.26. The van der Waals surface area contributed by atoms with Gasteiger partial charge >= 0.3 is 5.97 Å². The smallest absolute Gasteiger partial charge is 0.310 e. The zero-order valence-electron chi connectivity index (χ0n) is 14.5. The number of nitrogens with one attached hydrogen (secondary N) is 1. The Kier molecular flexibility index (Phi) is 5.80. The van der Waals surface area contributed by atoms with Gasteiger partial charge in [0.25, 0.3) is 0 Å². The Morgan fingerprint density at radius 2 is 2.00 bits per heavy atom. The molecule has 1 aromatic heterocycles. The van der Waals surface area contributed by atoms with E-state index in [1.54, 1.807) is 4.68 Å². The van der Waals surface area contributed by atoms with E-state index in [1.807, 2.05) is 26.8 Å². The van der Waals surface area contributed by atoms with Gasteiger partial charge in [-0.1, -0.05) is 19.3 Å². The minimum atomic E-state index is -0.398. The van der Waals surface area contributed by atoms with E-state index >= 15 is 0 Å². The third-order valence-corrected chi connectivity index (χ3v) is 4.64. The maximum atomic E-state index is 12.6. The van der Waals surface area contributed by atoms with Crippen molar-refractivity contribution >= 4 is 11.9 Å². The fourth-order valence-corrected chi connectivity index (χ4v) is 3.37. The summed E-state index contributed by atoms with van der Waals surface area (Å²) in [5.74, 6) is -0.577. The molecule has 1 aromatic rings. The van der Waals surface area contributed by atoms with Crippen LogP contribution in [-0.2, 0) is 14.3 Å². The van der Waals surface area contributed by atoms with Crippen LogP contribution in [-0.4, -0.2) is 34.8 Å². The fraction of sp³-hybridized carbons (Fsp3) is 0.706. The molecular formula is C17H27N3O3. The molecule has 1 saturated carbocycles. The molecule has 1 amide bonds. The van der Waals surface area contributed by atoms with Crippen LogP contribution in [0, 0.1) is 19.8 Å². The number of nitrogens with zero attached hydrogens (tertiary/aromatic N) is 2. The highest BCUT2D eigenvalue weighted by Gasteiger charge is 2.32. The van der Waals surface area contributed by atoms with Crippen molar-refractivity contribution in [3.63, 3.8) is 0 Å². The lowest BCUT2D eigenvalue weighted by atomic mass is 9.94. The van der Waals surface area contributed by atoms with Crippen molar-refractivity contribution in [2.75, 3.05) is 7.11 Å². The van der Waals surface area contributed by atoms with Gasteiger partial charge in [0.05, 0.1) is 18.7 Å². The Morgan fingerprint density at radius 3 is 2.61 bits per heavy atom. The van der Waals surface area contributed by atoms with Crippen LogP contribution in [0.4, 0.5) is 0 Å². The summed E-state index contributed by atoms with van der Waals surface area (Å²) < 4.78 is 6.65. The van der Waals surface area contributed by atoms with Gasteiger partial charge in [-0.05, 0) is 39.7 Å². The number of hydrogen-bond donors (Lipinski definition) is 1. The van der Waals surface area contributed by atoms with E-state index in [-0.39, 0.29) is 23.8 Å². The molecule has 0 bridgehead atoms. The number of aryl methyl sites for hydroxylation is 2. The van der Waals surface area contributed by atoms with Crippen molar-refractivity contribution < 1.29 is 14.3 Å². The first-order valence-electron chi connectivity index (χ1n) is 8.35. The quantitative estimate of drug-likeness (QED) is 0.682. The van der Waals surface area contributed by atoms with Gasteiger partial charge in [0.2, 0.25) is 5.91 Å². The second kappa shape index (κ2) is 7.62. The molecule has 0 aromatic carbocycles. The van der Waals surface area contributed by atoms with Gasteiger partial charge in [0.1, 0.15) is 6.04 Å². The molecule has 23 heavy (non-hydrogen) atoms. The highest BCUT2D eigenvalue weighted by atomic mass is 16.5. The molecule has 0 saturated heterocycles. The zero-order chi connectivity index (χ0) is 17.0. The molecule has 0 aliphatic heterocycles. The lowest BCUT2D eigenvalue weighted by molar-refractivity contribution is -0.147. The highest BCUT2D eigenvalue weighted by molar-refractivity contribution is 5.81. The van der Waals surface area contributed by atoms with Crippen LogP contribution < -0.4 is 5.32 Å². The summed E-state index contributed by atoms with van der Waals surface area (Å²) in [6.45, 7) is 5.68.